The summed E-state index contributed by atoms with van der Waals surface area (Å²) in [4.78, 5) is 15.4. The molecule has 5 heteroatoms. The standard InChI is InChI=1S/C12H10N2O2S/c1-9-4-6-10(7-5-9)17-12-11(14(15)16)3-2-8-13-12/h2-8H,1H3. The van der Waals surface area contributed by atoms with Crippen LogP contribution in [0.1, 0.15) is 5.56 Å². The van der Waals surface area contributed by atoms with Crippen molar-refractivity contribution >= 4 is 17.4 Å². The lowest BCUT2D eigenvalue weighted by Gasteiger charge is -2.01. The number of hydrogen-bond acceptors (Lipinski definition) is 4. The number of pyridine rings is 1. The highest BCUT2D eigenvalue weighted by atomic mass is 32.2. The first-order valence-electron chi connectivity index (χ1n) is 5.01. The number of aromatic nitrogens is 1. The molecule has 0 aliphatic heterocycles. The van der Waals surface area contributed by atoms with Crippen LogP contribution in [0.4, 0.5) is 5.69 Å². The molecule has 86 valence electrons. The molecule has 0 aliphatic rings. The van der Waals surface area contributed by atoms with E-state index in [0.29, 0.717) is 5.03 Å². The Labute approximate surface area is 103 Å². The SMILES string of the molecule is Cc1ccc(Sc2ncccc2[N+](=O)[O-])cc1. The fourth-order valence-corrected chi connectivity index (χ4v) is 2.17. The molecule has 0 fully saturated rings. The lowest BCUT2D eigenvalue weighted by Crippen LogP contribution is -1.92. The van der Waals surface area contributed by atoms with Gasteiger partial charge in [0.2, 0.25) is 0 Å². The number of rotatable bonds is 3. The third-order valence-corrected chi connectivity index (χ3v) is 3.20. The van der Waals surface area contributed by atoms with E-state index >= 15 is 0 Å². The van der Waals surface area contributed by atoms with Crippen LogP contribution in [0.25, 0.3) is 0 Å². The highest BCUT2D eigenvalue weighted by molar-refractivity contribution is 7.99. The fourth-order valence-electron chi connectivity index (χ4n) is 1.32. The Kier molecular flexibility index (Phi) is 3.39. The first-order valence-corrected chi connectivity index (χ1v) is 5.82. The van der Waals surface area contributed by atoms with Gasteiger partial charge in [0.05, 0.1) is 4.92 Å². The zero-order valence-electron chi connectivity index (χ0n) is 9.16. The van der Waals surface area contributed by atoms with E-state index in [4.69, 9.17) is 0 Å². The van der Waals surface area contributed by atoms with Crippen LogP contribution in [-0.2, 0) is 0 Å². The molecular weight excluding hydrogens is 236 g/mol. The van der Waals surface area contributed by atoms with Crippen molar-refractivity contribution < 1.29 is 4.92 Å². The molecule has 1 aromatic carbocycles. The fraction of sp³-hybridized carbons (Fsp3) is 0.0833. The Balaban J connectivity index is 2.30. The third kappa shape index (κ3) is 2.82. The van der Waals surface area contributed by atoms with Crippen molar-refractivity contribution in [3.05, 3.63) is 58.3 Å². The van der Waals surface area contributed by atoms with E-state index in [1.165, 1.54) is 17.8 Å². The number of aryl methyl sites for hydroxylation is 1. The van der Waals surface area contributed by atoms with Crippen molar-refractivity contribution in [3.63, 3.8) is 0 Å². The molecule has 0 saturated heterocycles. The summed E-state index contributed by atoms with van der Waals surface area (Å²) in [6, 6.07) is 10.8. The van der Waals surface area contributed by atoms with Crippen LogP contribution < -0.4 is 0 Å². The molecule has 1 aromatic heterocycles. The van der Waals surface area contributed by atoms with Crippen molar-refractivity contribution in [3.8, 4) is 0 Å². The number of hydrogen-bond donors (Lipinski definition) is 0. The van der Waals surface area contributed by atoms with Crippen molar-refractivity contribution in [1.29, 1.82) is 0 Å². The summed E-state index contributed by atoms with van der Waals surface area (Å²) in [6.45, 7) is 2.00. The summed E-state index contributed by atoms with van der Waals surface area (Å²) >= 11 is 1.30. The minimum absolute atomic E-state index is 0.0399. The molecule has 0 atom stereocenters. The highest BCUT2D eigenvalue weighted by Gasteiger charge is 2.14. The van der Waals surface area contributed by atoms with E-state index in [2.05, 4.69) is 4.98 Å². The van der Waals surface area contributed by atoms with Gasteiger partial charge in [0.15, 0.2) is 5.03 Å². The van der Waals surface area contributed by atoms with Gasteiger partial charge in [0.25, 0.3) is 0 Å². The van der Waals surface area contributed by atoms with Gasteiger partial charge in [0, 0.05) is 17.2 Å². The molecule has 0 amide bonds. The van der Waals surface area contributed by atoms with Gasteiger partial charge in [-0.05, 0) is 25.1 Å². The Morgan fingerprint density at radius 1 is 1.24 bits per heavy atom. The molecule has 17 heavy (non-hydrogen) atoms. The smallest absolute Gasteiger partial charge is 0.258 e. The van der Waals surface area contributed by atoms with Gasteiger partial charge >= 0.3 is 5.69 Å². The second-order valence-electron chi connectivity index (χ2n) is 3.50. The molecule has 1 heterocycles. The average Bonchev–Trinajstić information content (AvgIpc) is 2.32. The summed E-state index contributed by atoms with van der Waals surface area (Å²) in [5.74, 6) is 0. The molecule has 4 nitrogen and oxygen atoms in total. The topological polar surface area (TPSA) is 56.0 Å². The van der Waals surface area contributed by atoms with E-state index in [1.54, 1.807) is 12.3 Å². The average molecular weight is 246 g/mol. The molecule has 0 radical (unpaired) electrons. The molecular formula is C12H10N2O2S. The molecule has 0 bridgehead atoms. The van der Waals surface area contributed by atoms with Crippen LogP contribution >= 0.6 is 11.8 Å². The van der Waals surface area contributed by atoms with Crippen LogP contribution in [0.2, 0.25) is 0 Å². The van der Waals surface area contributed by atoms with Gasteiger partial charge in [0.1, 0.15) is 0 Å². The van der Waals surface area contributed by atoms with E-state index in [1.807, 2.05) is 31.2 Å². The monoisotopic (exact) mass is 246 g/mol. The Morgan fingerprint density at radius 2 is 1.94 bits per heavy atom. The summed E-state index contributed by atoms with van der Waals surface area (Å²) in [7, 11) is 0. The normalized spacial score (nSPS) is 10.2. The Bertz CT molecular complexity index is 540. The van der Waals surface area contributed by atoms with E-state index in [-0.39, 0.29) is 5.69 Å². The van der Waals surface area contributed by atoms with Gasteiger partial charge in [-0.25, -0.2) is 4.98 Å². The minimum Gasteiger partial charge on any atom is -0.258 e. The summed E-state index contributed by atoms with van der Waals surface area (Å²) in [5, 5.41) is 11.2. The van der Waals surface area contributed by atoms with Crippen molar-refractivity contribution in [2.24, 2.45) is 0 Å². The summed E-state index contributed by atoms with van der Waals surface area (Å²) in [6.07, 6.45) is 1.56. The first kappa shape index (κ1) is 11.6. The predicted molar refractivity (Wildman–Crippen MR) is 66.2 cm³/mol. The second kappa shape index (κ2) is 4.97. The zero-order valence-corrected chi connectivity index (χ0v) is 9.98. The van der Waals surface area contributed by atoms with Crippen molar-refractivity contribution in [1.82, 2.24) is 4.98 Å². The molecule has 0 spiro atoms. The van der Waals surface area contributed by atoms with Crippen LogP contribution in [0.15, 0.2) is 52.5 Å². The maximum atomic E-state index is 10.8. The molecule has 0 unspecified atom stereocenters. The maximum Gasteiger partial charge on any atom is 0.301 e. The maximum absolute atomic E-state index is 10.8. The summed E-state index contributed by atoms with van der Waals surface area (Å²) < 4.78 is 0. The van der Waals surface area contributed by atoms with Gasteiger partial charge in [-0.3, -0.25) is 10.1 Å². The lowest BCUT2D eigenvalue weighted by atomic mass is 10.2. The molecule has 2 rings (SSSR count). The largest absolute Gasteiger partial charge is 0.301 e. The number of nitrogens with zero attached hydrogens (tertiary/aromatic N) is 2. The van der Waals surface area contributed by atoms with Gasteiger partial charge in [-0.1, -0.05) is 29.5 Å². The number of nitro groups is 1. The Hall–Kier alpha value is -1.88. The van der Waals surface area contributed by atoms with E-state index < -0.39 is 4.92 Å². The van der Waals surface area contributed by atoms with Crippen molar-refractivity contribution in [2.75, 3.05) is 0 Å². The lowest BCUT2D eigenvalue weighted by molar-refractivity contribution is -0.388. The van der Waals surface area contributed by atoms with Gasteiger partial charge < -0.3 is 0 Å². The van der Waals surface area contributed by atoms with E-state index in [0.717, 1.165) is 10.5 Å². The molecule has 0 aliphatic carbocycles. The van der Waals surface area contributed by atoms with Crippen LogP contribution in [0, 0.1) is 17.0 Å². The molecule has 0 saturated carbocycles. The molecule has 2 aromatic rings. The second-order valence-corrected chi connectivity index (χ2v) is 4.56. The first-order chi connectivity index (χ1) is 8.16. The zero-order chi connectivity index (χ0) is 12.3. The van der Waals surface area contributed by atoms with Gasteiger partial charge in [-0.15, -0.1) is 0 Å². The van der Waals surface area contributed by atoms with Crippen molar-refractivity contribution in [2.45, 2.75) is 16.8 Å². The van der Waals surface area contributed by atoms with Crippen LogP contribution in [0.3, 0.4) is 0 Å². The Morgan fingerprint density at radius 3 is 2.59 bits per heavy atom. The predicted octanol–water partition coefficient (Wildman–Crippen LogP) is 3.45. The minimum atomic E-state index is -0.413. The van der Waals surface area contributed by atoms with Crippen LogP contribution in [-0.4, -0.2) is 9.91 Å². The highest BCUT2D eigenvalue weighted by Crippen LogP contribution is 2.32. The van der Waals surface area contributed by atoms with Crippen LogP contribution in [0.5, 0.6) is 0 Å². The number of benzene rings is 1. The van der Waals surface area contributed by atoms with Gasteiger partial charge in [-0.2, -0.15) is 0 Å². The molecule has 0 N–H and O–H groups in total. The third-order valence-electron chi connectivity index (χ3n) is 2.18. The van der Waals surface area contributed by atoms with E-state index in [9.17, 15) is 10.1 Å². The summed E-state index contributed by atoms with van der Waals surface area (Å²) in [5.41, 5.74) is 1.20. The quantitative estimate of drug-likeness (QED) is 0.614.